The fraction of sp³-hybridized carbons (Fsp3) is 0.423. The van der Waals surface area contributed by atoms with Gasteiger partial charge in [-0.15, -0.1) is 0 Å². The number of ether oxygens (including phenoxy) is 2. The van der Waals surface area contributed by atoms with Crippen LogP contribution in [0, 0.1) is 12.8 Å². The molecule has 0 amide bonds. The van der Waals surface area contributed by atoms with Crippen molar-refractivity contribution in [2.24, 2.45) is 5.92 Å². The maximum atomic E-state index is 10.5. The highest BCUT2D eigenvalue weighted by molar-refractivity contribution is 6.30. The lowest BCUT2D eigenvalue weighted by Gasteiger charge is -2.25. The minimum atomic E-state index is -0.537. The molecule has 1 aliphatic carbocycles. The molecular weight excluding hydrogens is 438 g/mol. The van der Waals surface area contributed by atoms with Crippen molar-refractivity contribution in [1.82, 2.24) is 14.7 Å². The quantitative estimate of drug-likeness (QED) is 0.393. The minimum Gasteiger partial charge on any atom is -0.439 e. The summed E-state index contributed by atoms with van der Waals surface area (Å²) in [4.78, 5) is 2.30. The van der Waals surface area contributed by atoms with Gasteiger partial charge in [0.05, 0.1) is 29.7 Å². The van der Waals surface area contributed by atoms with Crippen molar-refractivity contribution in [3.8, 4) is 17.3 Å². The molecule has 6 nitrogen and oxygen atoms in total. The molecule has 1 fully saturated rings. The van der Waals surface area contributed by atoms with E-state index in [0.29, 0.717) is 43.1 Å². The first kappa shape index (κ1) is 23.8. The molecule has 1 atom stereocenters. The number of hydrogen-bond acceptors (Lipinski definition) is 5. The van der Waals surface area contributed by atoms with Gasteiger partial charge in [-0.25, -0.2) is 4.68 Å². The predicted octanol–water partition coefficient (Wildman–Crippen LogP) is 5.24. The van der Waals surface area contributed by atoms with Crippen LogP contribution in [0.4, 0.5) is 0 Å². The van der Waals surface area contributed by atoms with E-state index in [0.717, 1.165) is 29.2 Å². The van der Waals surface area contributed by atoms with Gasteiger partial charge in [0.25, 0.3) is 0 Å². The Kier molecular flexibility index (Phi) is 8.04. The first-order valence-electron chi connectivity index (χ1n) is 11.6. The monoisotopic (exact) mass is 469 g/mol. The average Bonchev–Trinajstić information content (AvgIpc) is 3.57. The number of rotatable bonds is 12. The topological polar surface area (TPSA) is 59.8 Å². The van der Waals surface area contributed by atoms with Crippen LogP contribution in [0.25, 0.3) is 5.69 Å². The van der Waals surface area contributed by atoms with Crippen LogP contribution in [-0.2, 0) is 11.3 Å². The summed E-state index contributed by atoms with van der Waals surface area (Å²) in [5.41, 5.74) is 2.73. The van der Waals surface area contributed by atoms with E-state index in [4.69, 9.17) is 26.2 Å². The third kappa shape index (κ3) is 6.58. The molecule has 33 heavy (non-hydrogen) atoms. The van der Waals surface area contributed by atoms with Gasteiger partial charge in [-0.2, -0.15) is 5.10 Å². The fourth-order valence-corrected chi connectivity index (χ4v) is 4.09. The van der Waals surface area contributed by atoms with Gasteiger partial charge in [0.15, 0.2) is 0 Å². The van der Waals surface area contributed by atoms with Gasteiger partial charge in [0.2, 0.25) is 5.88 Å². The summed E-state index contributed by atoms with van der Waals surface area (Å²) in [7, 11) is 0. The van der Waals surface area contributed by atoms with Crippen LogP contribution in [-0.4, -0.2) is 52.2 Å². The molecule has 1 heterocycles. The Morgan fingerprint density at radius 2 is 1.97 bits per heavy atom. The molecule has 1 saturated carbocycles. The number of aliphatic hydroxyl groups is 1. The van der Waals surface area contributed by atoms with E-state index in [1.54, 1.807) is 0 Å². The van der Waals surface area contributed by atoms with Crippen LogP contribution >= 0.6 is 11.6 Å². The first-order valence-corrected chi connectivity index (χ1v) is 12.0. The van der Waals surface area contributed by atoms with E-state index in [9.17, 15) is 5.11 Å². The zero-order valence-corrected chi connectivity index (χ0v) is 20.0. The van der Waals surface area contributed by atoms with Gasteiger partial charge < -0.3 is 14.6 Å². The SMILES string of the molecule is CCOCC(O)CN(Cc1c(C)nn(-c2cccc(Cl)c2)c1Oc1ccccc1)CC1CC1. The molecule has 1 aliphatic rings. The number of aliphatic hydroxyl groups excluding tert-OH is 1. The molecule has 1 unspecified atom stereocenters. The molecule has 0 spiro atoms. The van der Waals surface area contributed by atoms with E-state index in [1.165, 1.54) is 12.8 Å². The molecule has 1 aromatic heterocycles. The summed E-state index contributed by atoms with van der Waals surface area (Å²) in [6.45, 7) is 6.99. The van der Waals surface area contributed by atoms with Crippen molar-refractivity contribution in [2.75, 3.05) is 26.3 Å². The molecular formula is C26H32ClN3O3. The molecule has 0 aliphatic heterocycles. The smallest absolute Gasteiger partial charge is 0.227 e. The van der Waals surface area contributed by atoms with Gasteiger partial charge in [0.1, 0.15) is 5.75 Å². The predicted molar refractivity (Wildman–Crippen MR) is 130 cm³/mol. The lowest BCUT2D eigenvalue weighted by molar-refractivity contribution is 0.0186. The zero-order chi connectivity index (χ0) is 23.2. The van der Waals surface area contributed by atoms with Crippen LogP contribution in [0.2, 0.25) is 5.02 Å². The molecule has 3 aromatic rings. The molecule has 4 rings (SSSR count). The second kappa shape index (κ2) is 11.2. The van der Waals surface area contributed by atoms with Crippen molar-refractivity contribution in [3.05, 3.63) is 70.9 Å². The number of aromatic nitrogens is 2. The summed E-state index contributed by atoms with van der Waals surface area (Å²) in [6.07, 6.45) is 1.95. The van der Waals surface area contributed by atoms with E-state index in [1.807, 2.05) is 73.1 Å². The summed E-state index contributed by atoms with van der Waals surface area (Å²) < 4.78 is 13.6. The lowest BCUT2D eigenvalue weighted by atomic mass is 10.2. The molecule has 0 radical (unpaired) electrons. The second-order valence-corrected chi connectivity index (χ2v) is 9.06. The molecule has 0 bridgehead atoms. The van der Waals surface area contributed by atoms with Crippen LogP contribution in [0.1, 0.15) is 31.0 Å². The minimum absolute atomic E-state index is 0.339. The highest BCUT2D eigenvalue weighted by Crippen LogP contribution is 2.34. The Balaban J connectivity index is 1.66. The van der Waals surface area contributed by atoms with Gasteiger partial charge in [-0.1, -0.05) is 35.9 Å². The highest BCUT2D eigenvalue weighted by Gasteiger charge is 2.28. The number of hydrogen-bond donors (Lipinski definition) is 1. The Morgan fingerprint density at radius 3 is 2.67 bits per heavy atom. The highest BCUT2D eigenvalue weighted by atomic mass is 35.5. The first-order chi connectivity index (χ1) is 16.0. The van der Waals surface area contributed by atoms with Gasteiger partial charge in [-0.3, -0.25) is 4.90 Å². The molecule has 7 heteroatoms. The van der Waals surface area contributed by atoms with E-state index >= 15 is 0 Å². The molecule has 1 N–H and O–H groups in total. The summed E-state index contributed by atoms with van der Waals surface area (Å²) >= 11 is 6.27. The van der Waals surface area contributed by atoms with Crippen LogP contribution in [0.5, 0.6) is 11.6 Å². The molecule has 176 valence electrons. The van der Waals surface area contributed by atoms with Crippen molar-refractivity contribution >= 4 is 11.6 Å². The number of halogens is 1. The maximum absolute atomic E-state index is 10.5. The van der Waals surface area contributed by atoms with Crippen molar-refractivity contribution in [1.29, 1.82) is 0 Å². The average molecular weight is 470 g/mol. The number of benzene rings is 2. The van der Waals surface area contributed by atoms with E-state index < -0.39 is 6.10 Å². The maximum Gasteiger partial charge on any atom is 0.227 e. The second-order valence-electron chi connectivity index (χ2n) is 8.63. The molecule has 2 aromatic carbocycles. The van der Waals surface area contributed by atoms with Crippen molar-refractivity contribution in [3.63, 3.8) is 0 Å². The largest absolute Gasteiger partial charge is 0.439 e. The van der Waals surface area contributed by atoms with Crippen LogP contribution < -0.4 is 4.74 Å². The van der Waals surface area contributed by atoms with Crippen molar-refractivity contribution < 1.29 is 14.6 Å². The van der Waals surface area contributed by atoms with Gasteiger partial charge in [0, 0.05) is 31.3 Å². The number of nitrogens with zero attached hydrogens (tertiary/aromatic N) is 3. The van der Waals surface area contributed by atoms with Gasteiger partial charge in [-0.05, 0) is 62.9 Å². The normalized spacial score (nSPS) is 14.6. The third-order valence-corrected chi connectivity index (χ3v) is 5.96. The Labute approximate surface area is 200 Å². The number of para-hydroxylation sites is 1. The zero-order valence-electron chi connectivity index (χ0n) is 19.3. The Bertz CT molecular complexity index is 1040. The van der Waals surface area contributed by atoms with E-state index in [2.05, 4.69) is 4.90 Å². The lowest BCUT2D eigenvalue weighted by Crippen LogP contribution is -2.36. The van der Waals surface area contributed by atoms with Crippen LogP contribution in [0.3, 0.4) is 0 Å². The van der Waals surface area contributed by atoms with Crippen molar-refractivity contribution in [2.45, 2.75) is 39.3 Å². The van der Waals surface area contributed by atoms with Crippen LogP contribution in [0.15, 0.2) is 54.6 Å². The third-order valence-electron chi connectivity index (χ3n) is 5.73. The summed E-state index contributed by atoms with van der Waals surface area (Å²) in [5.74, 6) is 2.10. The number of aryl methyl sites for hydroxylation is 1. The Hall–Kier alpha value is -2.38. The fourth-order valence-electron chi connectivity index (χ4n) is 3.91. The summed E-state index contributed by atoms with van der Waals surface area (Å²) in [5, 5.41) is 16.0. The standard InChI is InChI=1S/C26H32ClN3O3/c1-3-32-18-23(31)16-29(15-20-12-13-20)17-25-19(2)28-30(22-9-7-8-21(27)14-22)26(25)33-24-10-5-4-6-11-24/h4-11,14,20,23,31H,3,12-13,15-18H2,1-2H3. The molecule has 0 saturated heterocycles. The Morgan fingerprint density at radius 1 is 1.18 bits per heavy atom. The van der Waals surface area contributed by atoms with E-state index in [-0.39, 0.29) is 0 Å². The summed E-state index contributed by atoms with van der Waals surface area (Å²) in [6, 6.07) is 17.3. The van der Waals surface area contributed by atoms with Gasteiger partial charge >= 0.3 is 0 Å².